The first-order valence-corrected chi connectivity index (χ1v) is 10.7. The number of unbranched alkanes of at least 4 members (excludes halogenated alkanes) is 1. The van der Waals surface area contributed by atoms with Gasteiger partial charge in [-0.05, 0) is 65.9 Å². The molecule has 0 saturated heterocycles. The second-order valence-corrected chi connectivity index (χ2v) is 7.80. The van der Waals surface area contributed by atoms with Crippen LogP contribution >= 0.6 is 15.9 Å². The fourth-order valence-corrected chi connectivity index (χ4v) is 3.40. The van der Waals surface area contributed by atoms with Gasteiger partial charge in [-0.3, -0.25) is 9.78 Å². The number of hydrogen-bond acceptors (Lipinski definition) is 4. The molecule has 0 radical (unpaired) electrons. The van der Waals surface area contributed by atoms with E-state index in [1.54, 1.807) is 0 Å². The summed E-state index contributed by atoms with van der Waals surface area (Å²) in [7, 11) is 0. The van der Waals surface area contributed by atoms with Gasteiger partial charge in [-0.15, -0.1) is 0 Å². The number of hydrogen-bond donors (Lipinski definition) is 0. The molecule has 27 heavy (non-hydrogen) atoms. The van der Waals surface area contributed by atoms with E-state index in [-0.39, 0.29) is 5.97 Å². The number of rotatable bonds is 11. The Hall–Kier alpha value is -1.62. The first kappa shape index (κ1) is 21.7. The van der Waals surface area contributed by atoms with Crippen LogP contribution in [0.5, 0.6) is 5.75 Å². The number of nitrogens with zero attached hydrogens (tertiary/aromatic N) is 1. The van der Waals surface area contributed by atoms with Gasteiger partial charge in [0.2, 0.25) is 0 Å². The van der Waals surface area contributed by atoms with Crippen LogP contribution in [0.3, 0.4) is 0 Å². The first-order chi connectivity index (χ1) is 13.0. The second-order valence-electron chi connectivity index (χ2n) is 6.95. The normalized spacial score (nSPS) is 12.1. The number of benzene rings is 1. The van der Waals surface area contributed by atoms with E-state index in [4.69, 9.17) is 9.47 Å². The topological polar surface area (TPSA) is 48.4 Å². The van der Waals surface area contributed by atoms with Crippen LogP contribution in [0, 0.1) is 12.8 Å². The third-order valence-electron chi connectivity index (χ3n) is 4.71. The van der Waals surface area contributed by atoms with Gasteiger partial charge in [0, 0.05) is 22.0 Å². The lowest BCUT2D eigenvalue weighted by atomic mass is 10.0. The predicted molar refractivity (Wildman–Crippen MR) is 113 cm³/mol. The molecule has 1 unspecified atom stereocenters. The van der Waals surface area contributed by atoms with Crippen molar-refractivity contribution in [1.29, 1.82) is 0 Å². The smallest absolute Gasteiger partial charge is 0.305 e. The summed E-state index contributed by atoms with van der Waals surface area (Å²) in [4.78, 5) is 16.5. The molecule has 1 aromatic heterocycles. The highest BCUT2D eigenvalue weighted by molar-refractivity contribution is 9.10. The zero-order valence-corrected chi connectivity index (χ0v) is 18.2. The fraction of sp³-hybridized carbons (Fsp3) is 0.545. The van der Waals surface area contributed by atoms with Gasteiger partial charge in [0.15, 0.2) is 0 Å². The van der Waals surface area contributed by atoms with Crippen LogP contribution < -0.4 is 4.74 Å². The number of pyridine rings is 1. The van der Waals surface area contributed by atoms with Crippen LogP contribution in [0.2, 0.25) is 0 Å². The summed E-state index contributed by atoms with van der Waals surface area (Å²) < 4.78 is 12.3. The van der Waals surface area contributed by atoms with Gasteiger partial charge < -0.3 is 9.47 Å². The number of carbonyl (C=O) groups is 1. The summed E-state index contributed by atoms with van der Waals surface area (Å²) in [5.74, 6) is 1.14. The summed E-state index contributed by atoms with van der Waals surface area (Å²) in [6.07, 6.45) is 5.59. The lowest BCUT2D eigenvalue weighted by molar-refractivity contribution is -0.145. The average Bonchev–Trinajstić information content (AvgIpc) is 2.67. The molecule has 4 nitrogen and oxygen atoms in total. The van der Waals surface area contributed by atoms with Crippen molar-refractivity contribution in [3.8, 4) is 5.75 Å². The second kappa shape index (κ2) is 11.3. The Balaban J connectivity index is 1.78. The number of fused-ring (bicyclic) bond motifs is 1. The highest BCUT2D eigenvalue weighted by Crippen LogP contribution is 2.30. The standard InChI is InChI=1S/C22H30BrNO3/c1-4-6-8-17(5-2)15-27-21(25)9-7-14-26-20-13-12-19(23)22-18(20)11-10-16(3)24-22/h10-13,17H,4-9,14-15H2,1-3H3. The number of aryl methyl sites for hydroxylation is 1. The molecule has 0 fully saturated rings. The Labute approximate surface area is 170 Å². The summed E-state index contributed by atoms with van der Waals surface area (Å²) in [5, 5.41) is 0.972. The zero-order chi connectivity index (χ0) is 19.6. The molecule has 2 rings (SSSR count). The van der Waals surface area contributed by atoms with Crippen molar-refractivity contribution in [3.63, 3.8) is 0 Å². The van der Waals surface area contributed by atoms with E-state index in [2.05, 4.69) is 34.8 Å². The minimum Gasteiger partial charge on any atom is -0.493 e. The van der Waals surface area contributed by atoms with Crippen LogP contribution in [0.15, 0.2) is 28.7 Å². The molecule has 0 saturated carbocycles. The van der Waals surface area contributed by atoms with Crippen LogP contribution in [0.25, 0.3) is 10.9 Å². The van der Waals surface area contributed by atoms with E-state index in [0.29, 0.717) is 32.0 Å². The Morgan fingerprint density at radius 1 is 1.19 bits per heavy atom. The Morgan fingerprint density at radius 3 is 2.74 bits per heavy atom. The average molecular weight is 436 g/mol. The number of carbonyl (C=O) groups excluding carboxylic acids is 1. The summed E-state index contributed by atoms with van der Waals surface area (Å²) in [6.45, 7) is 7.33. The maximum atomic E-state index is 11.9. The molecule has 1 aromatic carbocycles. The van der Waals surface area contributed by atoms with Gasteiger partial charge in [-0.1, -0.05) is 33.1 Å². The van der Waals surface area contributed by atoms with E-state index in [9.17, 15) is 4.79 Å². The number of esters is 1. The van der Waals surface area contributed by atoms with Crippen molar-refractivity contribution in [3.05, 3.63) is 34.4 Å². The van der Waals surface area contributed by atoms with Crippen molar-refractivity contribution < 1.29 is 14.3 Å². The molecule has 5 heteroatoms. The maximum absolute atomic E-state index is 11.9. The van der Waals surface area contributed by atoms with E-state index >= 15 is 0 Å². The Morgan fingerprint density at radius 2 is 2.00 bits per heavy atom. The van der Waals surface area contributed by atoms with Gasteiger partial charge in [0.1, 0.15) is 5.75 Å². The molecule has 0 aliphatic rings. The molecule has 148 valence electrons. The molecule has 1 heterocycles. The van der Waals surface area contributed by atoms with Gasteiger partial charge in [0.25, 0.3) is 0 Å². The van der Waals surface area contributed by atoms with Crippen molar-refractivity contribution in [1.82, 2.24) is 4.98 Å². The fourth-order valence-electron chi connectivity index (χ4n) is 2.96. The summed E-state index contributed by atoms with van der Waals surface area (Å²) in [6, 6.07) is 7.87. The molecule has 0 aliphatic heterocycles. The lowest BCUT2D eigenvalue weighted by Crippen LogP contribution is -2.14. The number of ether oxygens (including phenoxy) is 2. The van der Waals surface area contributed by atoms with Crippen molar-refractivity contribution in [2.45, 2.75) is 59.3 Å². The van der Waals surface area contributed by atoms with Crippen LogP contribution in [-0.4, -0.2) is 24.2 Å². The molecule has 2 aromatic rings. The molecule has 0 aliphatic carbocycles. The van der Waals surface area contributed by atoms with Crippen LogP contribution in [0.1, 0.15) is 58.1 Å². The molecule has 0 amide bonds. The van der Waals surface area contributed by atoms with Crippen molar-refractivity contribution in [2.24, 2.45) is 5.92 Å². The zero-order valence-electron chi connectivity index (χ0n) is 16.6. The SMILES string of the molecule is CCCCC(CC)COC(=O)CCCOc1ccc(Br)c2nc(C)ccc12. The third kappa shape index (κ3) is 6.80. The van der Waals surface area contributed by atoms with Crippen LogP contribution in [-0.2, 0) is 9.53 Å². The van der Waals surface area contributed by atoms with Crippen molar-refractivity contribution in [2.75, 3.05) is 13.2 Å². The predicted octanol–water partition coefficient (Wildman–Crippen LogP) is 6.22. The minimum absolute atomic E-state index is 0.133. The van der Waals surface area contributed by atoms with E-state index in [1.165, 1.54) is 12.8 Å². The van der Waals surface area contributed by atoms with Gasteiger partial charge in [-0.25, -0.2) is 0 Å². The Kier molecular flexibility index (Phi) is 9.05. The van der Waals surface area contributed by atoms with Crippen molar-refractivity contribution >= 4 is 32.8 Å². The van der Waals surface area contributed by atoms with E-state index in [1.807, 2.05) is 31.2 Å². The molecule has 0 N–H and O–H groups in total. The molecule has 0 spiro atoms. The Bertz CT molecular complexity index is 748. The molecular formula is C22H30BrNO3. The highest BCUT2D eigenvalue weighted by Gasteiger charge is 2.11. The van der Waals surface area contributed by atoms with Gasteiger partial charge in [-0.2, -0.15) is 0 Å². The lowest BCUT2D eigenvalue weighted by Gasteiger charge is -2.14. The summed E-state index contributed by atoms with van der Waals surface area (Å²) in [5.41, 5.74) is 1.86. The number of aromatic nitrogens is 1. The van der Waals surface area contributed by atoms with Gasteiger partial charge >= 0.3 is 5.97 Å². The van der Waals surface area contributed by atoms with Gasteiger partial charge in [0.05, 0.1) is 18.7 Å². The highest BCUT2D eigenvalue weighted by atomic mass is 79.9. The maximum Gasteiger partial charge on any atom is 0.305 e. The first-order valence-electron chi connectivity index (χ1n) is 9.89. The van der Waals surface area contributed by atoms with E-state index in [0.717, 1.165) is 39.7 Å². The molecular weight excluding hydrogens is 406 g/mol. The number of halogens is 1. The van der Waals surface area contributed by atoms with E-state index < -0.39 is 0 Å². The quantitative estimate of drug-likeness (QED) is 0.310. The molecule has 0 bridgehead atoms. The largest absolute Gasteiger partial charge is 0.493 e. The minimum atomic E-state index is -0.133. The monoisotopic (exact) mass is 435 g/mol. The van der Waals surface area contributed by atoms with Crippen LogP contribution in [0.4, 0.5) is 0 Å². The summed E-state index contributed by atoms with van der Waals surface area (Å²) >= 11 is 3.54. The molecule has 1 atom stereocenters. The third-order valence-corrected chi connectivity index (χ3v) is 5.35.